The van der Waals surface area contributed by atoms with Crippen LogP contribution in [0.2, 0.25) is 0 Å². The molecule has 28 heavy (non-hydrogen) atoms. The van der Waals surface area contributed by atoms with Gasteiger partial charge < -0.3 is 0 Å². The fraction of sp³-hybridized carbons (Fsp3) is 0.364. The molecule has 0 unspecified atom stereocenters. The van der Waals surface area contributed by atoms with Crippen LogP contribution in [0.4, 0.5) is 0 Å². The predicted molar refractivity (Wildman–Crippen MR) is 111 cm³/mol. The number of benzene rings is 2. The van der Waals surface area contributed by atoms with Crippen molar-refractivity contribution in [3.05, 3.63) is 71.0 Å². The van der Waals surface area contributed by atoms with E-state index in [1.807, 2.05) is 22.9 Å². The van der Waals surface area contributed by atoms with Gasteiger partial charge in [-0.3, -0.25) is 0 Å². The van der Waals surface area contributed by atoms with Crippen molar-refractivity contribution in [1.29, 1.82) is 0 Å². The van der Waals surface area contributed by atoms with Gasteiger partial charge in [-0.15, -0.1) is 0 Å². The van der Waals surface area contributed by atoms with E-state index in [1.54, 1.807) is 0 Å². The third kappa shape index (κ3) is 4.02. The van der Waals surface area contributed by atoms with E-state index >= 15 is 0 Å². The Morgan fingerprint density at radius 2 is 1.68 bits per heavy atom. The van der Waals surface area contributed by atoms with Crippen LogP contribution < -0.4 is 0 Å². The lowest BCUT2D eigenvalue weighted by Gasteiger charge is -2.21. The fourth-order valence-electron chi connectivity index (χ4n) is 3.73. The van der Waals surface area contributed by atoms with Crippen LogP contribution in [0.3, 0.4) is 0 Å². The zero-order chi connectivity index (χ0) is 19.7. The number of nitrogens with zero attached hydrogens (tertiary/aromatic N) is 3. The molecule has 1 aliphatic heterocycles. The van der Waals surface area contributed by atoms with E-state index in [0.29, 0.717) is 25.2 Å². The predicted octanol–water partition coefficient (Wildman–Crippen LogP) is 3.90. The molecule has 0 aliphatic carbocycles. The molecule has 6 heteroatoms. The van der Waals surface area contributed by atoms with Gasteiger partial charge in [0.05, 0.1) is 18.1 Å². The van der Waals surface area contributed by atoms with E-state index in [2.05, 4.69) is 44.2 Å². The quantitative estimate of drug-likeness (QED) is 0.672. The van der Waals surface area contributed by atoms with Gasteiger partial charge in [-0.1, -0.05) is 54.1 Å². The fourth-order valence-corrected chi connectivity index (χ4v) is 5.22. The molecule has 1 aliphatic rings. The number of aryl methyl sites for hydroxylation is 2. The van der Waals surface area contributed by atoms with Crippen molar-refractivity contribution >= 4 is 9.84 Å². The average molecular weight is 396 g/mol. The van der Waals surface area contributed by atoms with E-state index in [-0.39, 0.29) is 17.4 Å². The van der Waals surface area contributed by atoms with Crippen LogP contribution in [0.5, 0.6) is 0 Å². The number of hydrogen-bond donors (Lipinski definition) is 0. The maximum Gasteiger partial charge on any atom is 0.181 e. The second kappa shape index (κ2) is 7.51. The number of hydrogen-bond acceptors (Lipinski definition) is 4. The molecule has 0 amide bonds. The van der Waals surface area contributed by atoms with Crippen LogP contribution >= 0.6 is 0 Å². The highest BCUT2D eigenvalue weighted by Crippen LogP contribution is 2.30. The Morgan fingerprint density at radius 1 is 1.00 bits per heavy atom. The third-order valence-electron chi connectivity index (χ3n) is 5.46. The largest absolute Gasteiger partial charge is 0.245 e. The summed E-state index contributed by atoms with van der Waals surface area (Å²) in [6.45, 7) is 4.77. The molecule has 0 bridgehead atoms. The van der Waals surface area contributed by atoms with Gasteiger partial charge in [0.2, 0.25) is 0 Å². The Labute approximate surface area is 166 Å². The lowest BCUT2D eigenvalue weighted by Crippen LogP contribution is -2.24. The Hall–Kier alpha value is -2.47. The first-order valence-electron chi connectivity index (χ1n) is 9.68. The van der Waals surface area contributed by atoms with Gasteiger partial charge in [0.15, 0.2) is 5.82 Å². The maximum atomic E-state index is 11.9. The second-order valence-electron chi connectivity index (χ2n) is 7.68. The summed E-state index contributed by atoms with van der Waals surface area (Å²) in [5.41, 5.74) is 4.54. The number of rotatable bonds is 4. The molecule has 0 N–H and O–H groups in total. The molecule has 2 heterocycles. The van der Waals surface area contributed by atoms with Crippen LogP contribution in [0, 0.1) is 13.8 Å². The molecule has 1 aromatic heterocycles. The second-order valence-corrected chi connectivity index (χ2v) is 9.98. The molecular weight excluding hydrogens is 370 g/mol. The van der Waals surface area contributed by atoms with Crippen molar-refractivity contribution in [1.82, 2.24) is 14.8 Å². The van der Waals surface area contributed by atoms with Crippen LogP contribution in [0.25, 0.3) is 11.4 Å². The van der Waals surface area contributed by atoms with Crippen LogP contribution in [-0.2, 0) is 16.4 Å². The summed E-state index contributed by atoms with van der Waals surface area (Å²) in [6.07, 6.45) is 1.23. The first kappa shape index (κ1) is 18.9. The Morgan fingerprint density at radius 3 is 2.36 bits per heavy atom. The monoisotopic (exact) mass is 395 g/mol. The average Bonchev–Trinajstić information content (AvgIpc) is 3.07. The summed E-state index contributed by atoms with van der Waals surface area (Å²) in [5, 5.41) is 4.83. The number of sulfone groups is 1. The van der Waals surface area contributed by atoms with E-state index in [0.717, 1.165) is 22.5 Å². The molecular formula is C22H25N3O2S. The first-order valence-corrected chi connectivity index (χ1v) is 11.5. The van der Waals surface area contributed by atoms with Crippen molar-refractivity contribution in [2.24, 2.45) is 0 Å². The normalized spacial score (nSPS) is 16.9. The molecule has 0 radical (unpaired) electrons. The Bertz CT molecular complexity index is 1070. The van der Waals surface area contributed by atoms with Crippen molar-refractivity contribution in [3.63, 3.8) is 0 Å². The van der Waals surface area contributed by atoms with Crippen LogP contribution in [-0.4, -0.2) is 34.7 Å². The van der Waals surface area contributed by atoms with Gasteiger partial charge in [-0.2, -0.15) is 5.10 Å². The van der Waals surface area contributed by atoms with Crippen molar-refractivity contribution in [3.8, 4) is 11.4 Å². The van der Waals surface area contributed by atoms with Gasteiger partial charge in [0.25, 0.3) is 0 Å². The van der Waals surface area contributed by atoms with Gasteiger partial charge in [-0.25, -0.2) is 18.1 Å². The molecule has 1 saturated heterocycles. The summed E-state index contributed by atoms with van der Waals surface area (Å²) in [4.78, 5) is 4.88. The Balaban J connectivity index is 1.72. The molecule has 4 rings (SSSR count). The van der Waals surface area contributed by atoms with Crippen molar-refractivity contribution < 1.29 is 8.42 Å². The molecule has 1 fully saturated rings. The van der Waals surface area contributed by atoms with E-state index in [9.17, 15) is 8.42 Å². The van der Waals surface area contributed by atoms with Gasteiger partial charge in [-0.05, 0) is 37.8 Å². The van der Waals surface area contributed by atoms with Gasteiger partial charge >= 0.3 is 0 Å². The minimum absolute atomic E-state index is 0.124. The van der Waals surface area contributed by atoms with Gasteiger partial charge in [0.1, 0.15) is 15.7 Å². The zero-order valence-electron chi connectivity index (χ0n) is 16.3. The number of aromatic nitrogens is 3. The molecule has 3 aromatic rings. The SMILES string of the molecule is Cc1ccc(Cn2nc(-c3ccccc3C)nc2C2CCS(=O)(=O)CC2)cc1. The summed E-state index contributed by atoms with van der Waals surface area (Å²) in [5.74, 6) is 2.20. The first-order chi connectivity index (χ1) is 13.4. The highest BCUT2D eigenvalue weighted by molar-refractivity contribution is 7.91. The van der Waals surface area contributed by atoms with E-state index in [4.69, 9.17) is 10.1 Å². The van der Waals surface area contributed by atoms with Gasteiger partial charge in [0, 0.05) is 11.5 Å². The highest BCUT2D eigenvalue weighted by Gasteiger charge is 2.29. The highest BCUT2D eigenvalue weighted by atomic mass is 32.2. The maximum absolute atomic E-state index is 11.9. The van der Waals surface area contributed by atoms with E-state index < -0.39 is 9.84 Å². The van der Waals surface area contributed by atoms with Crippen LogP contribution in [0.1, 0.15) is 41.3 Å². The molecule has 0 spiro atoms. The smallest absolute Gasteiger partial charge is 0.181 e. The topological polar surface area (TPSA) is 64.8 Å². The van der Waals surface area contributed by atoms with Crippen molar-refractivity contribution in [2.75, 3.05) is 11.5 Å². The summed E-state index contributed by atoms with van der Waals surface area (Å²) >= 11 is 0. The summed E-state index contributed by atoms with van der Waals surface area (Å²) < 4.78 is 25.7. The minimum atomic E-state index is -2.91. The molecule has 0 saturated carbocycles. The lowest BCUT2D eigenvalue weighted by atomic mass is 10.0. The standard InChI is InChI=1S/C22H25N3O2S/c1-16-7-9-18(10-8-16)15-25-22(19-11-13-28(26,27)14-12-19)23-21(24-25)20-6-4-3-5-17(20)2/h3-10,19H,11-15H2,1-2H3. The molecule has 146 valence electrons. The third-order valence-corrected chi connectivity index (χ3v) is 7.17. The molecule has 0 atom stereocenters. The summed E-state index contributed by atoms with van der Waals surface area (Å²) in [6, 6.07) is 16.5. The molecule has 5 nitrogen and oxygen atoms in total. The molecule has 2 aromatic carbocycles. The van der Waals surface area contributed by atoms with Crippen LogP contribution in [0.15, 0.2) is 48.5 Å². The lowest BCUT2D eigenvalue weighted by molar-refractivity contribution is 0.508. The van der Waals surface area contributed by atoms with Crippen molar-refractivity contribution in [2.45, 2.75) is 39.2 Å². The summed E-state index contributed by atoms with van der Waals surface area (Å²) in [7, 11) is -2.91. The Kier molecular flexibility index (Phi) is 5.06. The zero-order valence-corrected chi connectivity index (χ0v) is 17.1. The van der Waals surface area contributed by atoms with E-state index in [1.165, 1.54) is 5.56 Å². The minimum Gasteiger partial charge on any atom is -0.245 e.